The smallest absolute Gasteiger partial charge is 0.283 e. The highest BCUT2D eigenvalue weighted by Gasteiger charge is 2.15. The molecule has 152 valence electrons. The number of hydrogen-bond acceptors (Lipinski definition) is 5. The number of carbonyl (C=O) groups is 1. The van der Waals surface area contributed by atoms with Gasteiger partial charge in [-0.3, -0.25) is 14.2 Å². The number of amides is 1. The molecule has 2 aromatic carbocycles. The molecule has 0 aliphatic heterocycles. The molecule has 2 aromatic heterocycles. The van der Waals surface area contributed by atoms with E-state index in [2.05, 4.69) is 20.6 Å². The summed E-state index contributed by atoms with van der Waals surface area (Å²) in [5.41, 5.74) is 2.37. The quantitative estimate of drug-likeness (QED) is 0.511. The lowest BCUT2D eigenvalue weighted by Gasteiger charge is -2.09. The molecule has 0 aliphatic rings. The second-order valence-electron chi connectivity index (χ2n) is 6.75. The first-order valence-corrected chi connectivity index (χ1v) is 9.75. The number of carbonyl (C=O) groups excluding carboxylic acids is 1. The molecule has 0 bridgehead atoms. The van der Waals surface area contributed by atoms with Crippen molar-refractivity contribution in [3.63, 3.8) is 0 Å². The number of nitrogens with zero attached hydrogens (tertiary/aromatic N) is 5. The van der Waals surface area contributed by atoms with Gasteiger partial charge in [0.25, 0.3) is 5.56 Å². The highest BCUT2D eigenvalue weighted by atomic mass is 35.5. The number of aryl methyl sites for hydroxylation is 1. The van der Waals surface area contributed by atoms with Gasteiger partial charge in [0.2, 0.25) is 5.91 Å². The van der Waals surface area contributed by atoms with Crippen LogP contribution in [0.1, 0.15) is 11.1 Å². The zero-order chi connectivity index (χ0) is 21.3. The Kier molecular flexibility index (Phi) is 5.52. The van der Waals surface area contributed by atoms with Gasteiger partial charge in [-0.15, -0.1) is 5.10 Å². The van der Waals surface area contributed by atoms with Crippen molar-refractivity contribution in [1.82, 2.24) is 24.5 Å². The monoisotopic (exact) mass is 442 g/mol. The third kappa shape index (κ3) is 4.19. The van der Waals surface area contributed by atoms with Crippen LogP contribution in [0.15, 0.2) is 53.6 Å². The summed E-state index contributed by atoms with van der Waals surface area (Å²) < 4.78 is 2.71. The molecule has 2 heterocycles. The maximum atomic E-state index is 12.7. The summed E-state index contributed by atoms with van der Waals surface area (Å²) in [5, 5.41) is 11.7. The highest BCUT2D eigenvalue weighted by molar-refractivity contribution is 6.33. The average Bonchev–Trinajstić information content (AvgIpc) is 3.11. The molecule has 0 saturated carbocycles. The number of hydrogen-bond donors (Lipinski definition) is 1. The predicted molar refractivity (Wildman–Crippen MR) is 115 cm³/mol. The second-order valence-corrected chi connectivity index (χ2v) is 7.60. The van der Waals surface area contributed by atoms with Crippen molar-refractivity contribution < 1.29 is 4.79 Å². The summed E-state index contributed by atoms with van der Waals surface area (Å²) in [7, 11) is 0. The first-order chi connectivity index (χ1) is 14.4. The standard InChI is InChI=1S/C20H16Cl2N6O2/c1-12-2-7-16(15(22)8-12)24-17(29)10-27-11-23-19-18(20(27)30)25-26-28(19)9-13-3-5-14(21)6-4-13/h2-8,11H,9-10H2,1H3,(H,24,29). The molecule has 0 aliphatic carbocycles. The van der Waals surface area contributed by atoms with Crippen molar-refractivity contribution >= 4 is 46.0 Å². The summed E-state index contributed by atoms with van der Waals surface area (Å²) in [5.74, 6) is -0.405. The average molecular weight is 443 g/mol. The van der Waals surface area contributed by atoms with Crippen molar-refractivity contribution in [2.75, 3.05) is 5.32 Å². The molecular formula is C20H16Cl2N6O2. The van der Waals surface area contributed by atoms with Gasteiger partial charge in [0, 0.05) is 5.02 Å². The molecule has 1 N–H and O–H groups in total. The lowest BCUT2D eigenvalue weighted by atomic mass is 10.2. The number of benzene rings is 2. The minimum Gasteiger partial charge on any atom is -0.323 e. The van der Waals surface area contributed by atoms with Crippen LogP contribution >= 0.6 is 23.2 Å². The maximum Gasteiger partial charge on any atom is 0.283 e. The molecule has 0 atom stereocenters. The van der Waals surface area contributed by atoms with Crippen molar-refractivity contribution in [2.24, 2.45) is 0 Å². The number of rotatable bonds is 5. The third-order valence-corrected chi connectivity index (χ3v) is 5.01. The van der Waals surface area contributed by atoms with Crippen LogP contribution in [0.4, 0.5) is 5.69 Å². The van der Waals surface area contributed by atoms with E-state index in [0.717, 1.165) is 11.1 Å². The van der Waals surface area contributed by atoms with E-state index >= 15 is 0 Å². The van der Waals surface area contributed by atoms with Crippen LogP contribution in [0.5, 0.6) is 0 Å². The number of aromatic nitrogens is 5. The molecule has 1 amide bonds. The summed E-state index contributed by atoms with van der Waals surface area (Å²) >= 11 is 12.0. The van der Waals surface area contributed by atoms with Gasteiger partial charge < -0.3 is 5.32 Å². The van der Waals surface area contributed by atoms with Crippen LogP contribution in [0.2, 0.25) is 10.0 Å². The third-order valence-electron chi connectivity index (χ3n) is 4.45. The van der Waals surface area contributed by atoms with Gasteiger partial charge in [0.1, 0.15) is 12.9 Å². The second kappa shape index (κ2) is 8.25. The van der Waals surface area contributed by atoms with Gasteiger partial charge in [-0.05, 0) is 42.3 Å². The molecule has 0 spiro atoms. The van der Waals surface area contributed by atoms with E-state index < -0.39 is 11.5 Å². The molecule has 10 heteroatoms. The molecule has 0 radical (unpaired) electrons. The van der Waals surface area contributed by atoms with Crippen molar-refractivity contribution in [2.45, 2.75) is 20.0 Å². The minimum absolute atomic E-state index is 0.0904. The molecule has 8 nitrogen and oxygen atoms in total. The largest absolute Gasteiger partial charge is 0.323 e. The Balaban J connectivity index is 1.54. The summed E-state index contributed by atoms with van der Waals surface area (Å²) in [6.07, 6.45) is 1.31. The Hall–Kier alpha value is -3.23. The molecule has 30 heavy (non-hydrogen) atoms. The summed E-state index contributed by atoms with van der Waals surface area (Å²) in [6, 6.07) is 12.6. The molecule has 4 aromatic rings. The van der Waals surface area contributed by atoms with E-state index in [1.807, 2.05) is 25.1 Å². The SMILES string of the molecule is Cc1ccc(NC(=O)Cn2cnc3c(nnn3Cc3ccc(Cl)cc3)c2=O)c(Cl)c1. The van der Waals surface area contributed by atoms with Gasteiger partial charge in [-0.2, -0.15) is 0 Å². The number of fused-ring (bicyclic) bond motifs is 1. The summed E-state index contributed by atoms with van der Waals surface area (Å²) in [4.78, 5) is 29.4. The van der Waals surface area contributed by atoms with Gasteiger partial charge in [-0.25, -0.2) is 9.67 Å². The van der Waals surface area contributed by atoms with E-state index in [4.69, 9.17) is 23.2 Å². The molecule has 0 fully saturated rings. The number of anilines is 1. The van der Waals surface area contributed by atoms with E-state index in [1.54, 1.807) is 24.3 Å². The lowest BCUT2D eigenvalue weighted by molar-refractivity contribution is -0.116. The van der Waals surface area contributed by atoms with Crippen LogP contribution < -0.4 is 10.9 Å². The Bertz CT molecular complexity index is 1300. The Morgan fingerprint density at radius 1 is 1.13 bits per heavy atom. The fraction of sp³-hybridized carbons (Fsp3) is 0.150. The predicted octanol–water partition coefficient (Wildman–Crippen LogP) is 3.29. The van der Waals surface area contributed by atoms with Crippen LogP contribution in [0.3, 0.4) is 0 Å². The van der Waals surface area contributed by atoms with Crippen molar-refractivity contribution in [3.05, 3.63) is 80.3 Å². The first-order valence-electron chi connectivity index (χ1n) is 9.00. The molecule has 0 unspecified atom stereocenters. The number of halogens is 2. The zero-order valence-corrected chi connectivity index (χ0v) is 17.4. The van der Waals surface area contributed by atoms with E-state index in [-0.39, 0.29) is 12.1 Å². The topological polar surface area (TPSA) is 94.7 Å². The fourth-order valence-electron chi connectivity index (χ4n) is 2.93. The minimum atomic E-state index is -0.451. The van der Waals surface area contributed by atoms with Crippen molar-refractivity contribution in [3.8, 4) is 0 Å². The summed E-state index contributed by atoms with van der Waals surface area (Å²) in [6.45, 7) is 2.06. The Morgan fingerprint density at radius 3 is 2.63 bits per heavy atom. The van der Waals surface area contributed by atoms with Gasteiger partial charge in [0.15, 0.2) is 11.2 Å². The lowest BCUT2D eigenvalue weighted by Crippen LogP contribution is -2.28. The van der Waals surface area contributed by atoms with E-state index in [1.165, 1.54) is 15.6 Å². The van der Waals surface area contributed by atoms with E-state index in [9.17, 15) is 9.59 Å². The molecule has 4 rings (SSSR count). The highest BCUT2D eigenvalue weighted by Crippen LogP contribution is 2.22. The number of nitrogens with one attached hydrogen (secondary N) is 1. The van der Waals surface area contributed by atoms with Gasteiger partial charge >= 0.3 is 0 Å². The molecular weight excluding hydrogens is 427 g/mol. The van der Waals surface area contributed by atoms with Crippen molar-refractivity contribution in [1.29, 1.82) is 0 Å². The first kappa shape index (κ1) is 20.1. The fourth-order valence-corrected chi connectivity index (χ4v) is 3.34. The zero-order valence-electron chi connectivity index (χ0n) is 15.8. The van der Waals surface area contributed by atoms with Crippen LogP contribution in [0, 0.1) is 6.92 Å². The van der Waals surface area contributed by atoms with E-state index in [0.29, 0.717) is 27.9 Å². The van der Waals surface area contributed by atoms with Crippen LogP contribution in [0.25, 0.3) is 11.2 Å². The Morgan fingerprint density at radius 2 is 1.90 bits per heavy atom. The van der Waals surface area contributed by atoms with Gasteiger partial charge in [-0.1, -0.05) is 46.6 Å². The normalized spacial score (nSPS) is 11.0. The van der Waals surface area contributed by atoms with Crippen LogP contribution in [-0.4, -0.2) is 30.5 Å². The van der Waals surface area contributed by atoms with Crippen LogP contribution in [-0.2, 0) is 17.9 Å². The maximum absolute atomic E-state index is 12.7. The molecule has 0 saturated heterocycles. The van der Waals surface area contributed by atoms with Gasteiger partial charge in [0.05, 0.1) is 17.3 Å². The Labute approximate surface area is 181 Å².